The molecule has 1 aliphatic rings. The molecule has 0 unspecified atom stereocenters. The molecule has 28 heavy (non-hydrogen) atoms. The second-order valence-electron chi connectivity index (χ2n) is 6.48. The zero-order chi connectivity index (χ0) is 20.8. The third kappa shape index (κ3) is 4.66. The molecule has 1 aromatic rings. The zero-order valence-corrected chi connectivity index (χ0v) is 16.3. The Balaban J connectivity index is 2.21. The lowest BCUT2D eigenvalue weighted by molar-refractivity contribution is -0.130. The Kier molecular flexibility index (Phi) is 7.11. The van der Waals surface area contributed by atoms with E-state index in [0.29, 0.717) is 6.61 Å². The summed E-state index contributed by atoms with van der Waals surface area (Å²) >= 11 is 0. The van der Waals surface area contributed by atoms with Crippen LogP contribution < -0.4 is 5.32 Å². The SMILES string of the molecule is COC[C@@H](C)N1C[C@H](C(=O)Nc2cc(C(=O)OC)ccc2C(=O)OC)CC1=O. The minimum atomic E-state index is -0.662. The van der Waals surface area contributed by atoms with Crippen LogP contribution in [0.5, 0.6) is 0 Å². The molecule has 9 heteroatoms. The summed E-state index contributed by atoms with van der Waals surface area (Å²) in [6.07, 6.45) is 0.0597. The number of likely N-dealkylation sites (tertiary alicyclic amines) is 1. The Bertz CT molecular complexity index is 778. The highest BCUT2D eigenvalue weighted by Crippen LogP contribution is 2.25. The molecule has 1 heterocycles. The lowest BCUT2D eigenvalue weighted by Crippen LogP contribution is -2.38. The Morgan fingerprint density at radius 1 is 1.18 bits per heavy atom. The van der Waals surface area contributed by atoms with Crippen LogP contribution in [0.25, 0.3) is 0 Å². The monoisotopic (exact) mass is 392 g/mol. The molecule has 1 N–H and O–H groups in total. The Morgan fingerprint density at radius 3 is 2.46 bits per heavy atom. The van der Waals surface area contributed by atoms with Crippen molar-refractivity contribution in [3.63, 3.8) is 0 Å². The van der Waals surface area contributed by atoms with E-state index in [9.17, 15) is 19.2 Å². The summed E-state index contributed by atoms with van der Waals surface area (Å²) in [5.41, 5.74) is 0.385. The fourth-order valence-electron chi connectivity index (χ4n) is 3.08. The number of hydrogen-bond acceptors (Lipinski definition) is 7. The van der Waals surface area contributed by atoms with Gasteiger partial charge >= 0.3 is 11.9 Å². The van der Waals surface area contributed by atoms with Crippen LogP contribution >= 0.6 is 0 Å². The molecule has 2 atom stereocenters. The quantitative estimate of drug-likeness (QED) is 0.691. The molecule has 9 nitrogen and oxygen atoms in total. The number of hydrogen-bond donors (Lipinski definition) is 1. The highest BCUT2D eigenvalue weighted by molar-refractivity contribution is 6.05. The summed E-state index contributed by atoms with van der Waals surface area (Å²) < 4.78 is 14.5. The van der Waals surface area contributed by atoms with Crippen molar-refractivity contribution in [2.75, 3.05) is 39.8 Å². The number of nitrogens with one attached hydrogen (secondary N) is 1. The first-order chi connectivity index (χ1) is 13.3. The molecule has 0 saturated carbocycles. The maximum absolute atomic E-state index is 12.7. The topological polar surface area (TPSA) is 111 Å². The Morgan fingerprint density at radius 2 is 1.86 bits per heavy atom. The van der Waals surface area contributed by atoms with Crippen LogP contribution in [-0.4, -0.2) is 69.2 Å². The van der Waals surface area contributed by atoms with E-state index in [-0.39, 0.29) is 41.7 Å². The van der Waals surface area contributed by atoms with E-state index >= 15 is 0 Å². The standard InChI is InChI=1S/C19H24N2O7/c1-11(10-26-2)21-9-13(8-16(21)22)17(23)20-15-7-12(18(24)27-3)5-6-14(15)19(25)28-4/h5-7,11,13H,8-10H2,1-4H3,(H,20,23)/t11-,13-/m1/s1. The van der Waals surface area contributed by atoms with Gasteiger partial charge in [0.15, 0.2) is 0 Å². The van der Waals surface area contributed by atoms with Crippen LogP contribution in [0.1, 0.15) is 34.1 Å². The number of carbonyl (C=O) groups is 4. The van der Waals surface area contributed by atoms with Gasteiger partial charge in [0.05, 0.1) is 49.6 Å². The summed E-state index contributed by atoms with van der Waals surface area (Å²) in [4.78, 5) is 50.3. The number of nitrogens with zero attached hydrogens (tertiary/aromatic N) is 1. The number of amides is 2. The molecule has 0 radical (unpaired) electrons. The normalized spacial score (nSPS) is 17.2. The molecule has 1 aromatic carbocycles. The van der Waals surface area contributed by atoms with Crippen molar-refractivity contribution in [1.29, 1.82) is 0 Å². The van der Waals surface area contributed by atoms with Crippen LogP contribution in [0.4, 0.5) is 5.69 Å². The molecular weight excluding hydrogens is 368 g/mol. The van der Waals surface area contributed by atoms with Crippen molar-refractivity contribution in [1.82, 2.24) is 4.90 Å². The predicted octanol–water partition coefficient (Wildman–Crippen LogP) is 1.08. The number of ether oxygens (including phenoxy) is 3. The summed E-state index contributed by atoms with van der Waals surface area (Å²) in [7, 11) is 3.99. The van der Waals surface area contributed by atoms with Crippen molar-refractivity contribution in [3.8, 4) is 0 Å². The summed E-state index contributed by atoms with van der Waals surface area (Å²) in [6, 6.07) is 3.98. The first-order valence-electron chi connectivity index (χ1n) is 8.72. The summed E-state index contributed by atoms with van der Waals surface area (Å²) in [5.74, 6) is -2.42. The van der Waals surface area contributed by atoms with Crippen molar-refractivity contribution >= 4 is 29.4 Å². The average molecular weight is 392 g/mol. The largest absolute Gasteiger partial charge is 0.465 e. The van der Waals surface area contributed by atoms with Gasteiger partial charge < -0.3 is 24.4 Å². The highest BCUT2D eigenvalue weighted by Gasteiger charge is 2.37. The Labute approximate surface area is 162 Å². The molecule has 1 saturated heterocycles. The molecule has 0 spiro atoms. The lowest BCUT2D eigenvalue weighted by Gasteiger charge is -2.24. The molecule has 152 valence electrons. The molecule has 2 amide bonds. The number of anilines is 1. The van der Waals surface area contributed by atoms with Gasteiger partial charge in [-0.1, -0.05) is 0 Å². The van der Waals surface area contributed by atoms with Crippen molar-refractivity contribution in [2.24, 2.45) is 5.92 Å². The van der Waals surface area contributed by atoms with Crippen LogP contribution in [0.3, 0.4) is 0 Å². The lowest BCUT2D eigenvalue weighted by atomic mass is 10.1. The van der Waals surface area contributed by atoms with Gasteiger partial charge in [-0.2, -0.15) is 0 Å². The van der Waals surface area contributed by atoms with Crippen molar-refractivity contribution in [3.05, 3.63) is 29.3 Å². The summed E-state index contributed by atoms with van der Waals surface area (Å²) in [6.45, 7) is 2.46. The summed E-state index contributed by atoms with van der Waals surface area (Å²) in [5, 5.41) is 2.64. The van der Waals surface area contributed by atoms with E-state index in [4.69, 9.17) is 9.47 Å². The van der Waals surface area contributed by atoms with E-state index in [1.165, 1.54) is 32.4 Å². The fourth-order valence-corrected chi connectivity index (χ4v) is 3.08. The van der Waals surface area contributed by atoms with Gasteiger partial charge in [-0.05, 0) is 25.1 Å². The molecule has 1 aliphatic heterocycles. The van der Waals surface area contributed by atoms with E-state index in [1.54, 1.807) is 12.0 Å². The van der Waals surface area contributed by atoms with Gasteiger partial charge in [0.1, 0.15) is 0 Å². The maximum Gasteiger partial charge on any atom is 0.339 e. The molecule has 2 rings (SSSR count). The third-order valence-corrected chi connectivity index (χ3v) is 4.57. The van der Waals surface area contributed by atoms with Crippen LogP contribution in [-0.2, 0) is 23.8 Å². The maximum atomic E-state index is 12.7. The van der Waals surface area contributed by atoms with Crippen LogP contribution in [0.2, 0.25) is 0 Å². The smallest absolute Gasteiger partial charge is 0.339 e. The van der Waals surface area contributed by atoms with E-state index in [1.807, 2.05) is 6.92 Å². The minimum Gasteiger partial charge on any atom is -0.465 e. The minimum absolute atomic E-state index is 0.0597. The second kappa shape index (κ2) is 9.32. The second-order valence-corrected chi connectivity index (χ2v) is 6.48. The highest BCUT2D eigenvalue weighted by atomic mass is 16.5. The van der Waals surface area contributed by atoms with Crippen LogP contribution in [0, 0.1) is 5.92 Å². The van der Waals surface area contributed by atoms with Gasteiger partial charge in [-0.3, -0.25) is 9.59 Å². The van der Waals surface area contributed by atoms with E-state index < -0.39 is 23.8 Å². The molecule has 0 bridgehead atoms. The average Bonchev–Trinajstić information content (AvgIpc) is 3.08. The first-order valence-corrected chi connectivity index (χ1v) is 8.72. The zero-order valence-electron chi connectivity index (χ0n) is 16.3. The molecule has 0 aliphatic carbocycles. The number of rotatable bonds is 7. The van der Waals surface area contributed by atoms with Gasteiger partial charge in [0.2, 0.25) is 11.8 Å². The van der Waals surface area contributed by atoms with Gasteiger partial charge in [-0.25, -0.2) is 9.59 Å². The molecule has 1 fully saturated rings. The number of carbonyl (C=O) groups excluding carboxylic acids is 4. The molecular formula is C19H24N2O7. The van der Waals surface area contributed by atoms with Crippen LogP contribution in [0.15, 0.2) is 18.2 Å². The van der Waals surface area contributed by atoms with Gasteiger partial charge in [0.25, 0.3) is 0 Å². The van der Waals surface area contributed by atoms with Crippen molar-refractivity contribution < 1.29 is 33.4 Å². The Hall–Kier alpha value is -2.94. The van der Waals surface area contributed by atoms with Crippen molar-refractivity contribution in [2.45, 2.75) is 19.4 Å². The fraction of sp³-hybridized carbons (Fsp3) is 0.474. The van der Waals surface area contributed by atoms with Gasteiger partial charge in [-0.15, -0.1) is 0 Å². The van der Waals surface area contributed by atoms with Gasteiger partial charge in [0, 0.05) is 20.1 Å². The molecule has 0 aromatic heterocycles. The first kappa shape index (κ1) is 21.4. The number of methoxy groups -OCH3 is 3. The number of esters is 2. The predicted molar refractivity (Wildman–Crippen MR) is 98.9 cm³/mol. The van der Waals surface area contributed by atoms with E-state index in [2.05, 4.69) is 10.1 Å². The third-order valence-electron chi connectivity index (χ3n) is 4.57. The number of benzene rings is 1. The van der Waals surface area contributed by atoms with E-state index in [0.717, 1.165) is 0 Å².